The first-order valence-corrected chi connectivity index (χ1v) is 8.78. The van der Waals surface area contributed by atoms with E-state index in [1.165, 1.54) is 27.4 Å². The number of hydrogen-bond acceptors (Lipinski definition) is 6. The molecule has 0 aliphatic heterocycles. The number of ether oxygens (including phenoxy) is 4. The van der Waals surface area contributed by atoms with E-state index in [9.17, 15) is 9.59 Å². The van der Waals surface area contributed by atoms with Gasteiger partial charge in [0.1, 0.15) is 12.2 Å². The van der Waals surface area contributed by atoms with Gasteiger partial charge in [-0.25, -0.2) is 9.59 Å². The van der Waals surface area contributed by atoms with Gasteiger partial charge in [-0.1, -0.05) is 35.3 Å². The van der Waals surface area contributed by atoms with Crippen LogP contribution in [0.15, 0.2) is 42.0 Å². The van der Waals surface area contributed by atoms with Crippen molar-refractivity contribution in [2.75, 3.05) is 21.3 Å². The van der Waals surface area contributed by atoms with Crippen molar-refractivity contribution in [1.82, 2.24) is 0 Å². The Kier molecular flexibility index (Phi) is 7.72. The van der Waals surface area contributed by atoms with Crippen molar-refractivity contribution >= 4 is 41.2 Å². The van der Waals surface area contributed by atoms with E-state index in [0.717, 1.165) is 5.56 Å². The second kappa shape index (κ2) is 10.0. The molecule has 0 saturated carbocycles. The van der Waals surface area contributed by atoms with Gasteiger partial charge in [0.2, 0.25) is 0 Å². The molecule has 0 heterocycles. The van der Waals surface area contributed by atoms with Crippen LogP contribution in [0.5, 0.6) is 11.5 Å². The predicted molar refractivity (Wildman–Crippen MR) is 106 cm³/mol. The second-order valence-electron chi connectivity index (χ2n) is 5.48. The lowest BCUT2D eigenvalue weighted by molar-refractivity contribution is -0.143. The Bertz CT molecular complexity index is 890. The number of carbonyl (C=O) groups is 2. The molecule has 0 N–H and O–H groups in total. The van der Waals surface area contributed by atoms with Crippen LogP contribution in [-0.2, 0) is 25.7 Å². The van der Waals surface area contributed by atoms with E-state index in [1.54, 1.807) is 36.4 Å². The number of hydrogen-bond donors (Lipinski definition) is 0. The Morgan fingerprint density at radius 1 is 0.929 bits per heavy atom. The first kappa shape index (κ1) is 21.6. The summed E-state index contributed by atoms with van der Waals surface area (Å²) in [5, 5.41) is 1.03. The molecule has 0 aromatic heterocycles. The van der Waals surface area contributed by atoms with E-state index in [2.05, 4.69) is 9.47 Å². The van der Waals surface area contributed by atoms with E-state index < -0.39 is 11.9 Å². The minimum Gasteiger partial charge on any atom is -0.493 e. The van der Waals surface area contributed by atoms with Crippen molar-refractivity contribution in [2.45, 2.75) is 6.61 Å². The minimum atomic E-state index is -0.802. The largest absolute Gasteiger partial charge is 0.493 e. The summed E-state index contributed by atoms with van der Waals surface area (Å²) in [6.45, 7) is 0.205. The van der Waals surface area contributed by atoms with Crippen molar-refractivity contribution in [3.05, 3.63) is 63.1 Å². The van der Waals surface area contributed by atoms with Crippen molar-refractivity contribution < 1.29 is 28.5 Å². The highest BCUT2D eigenvalue weighted by Gasteiger charge is 2.20. The topological polar surface area (TPSA) is 71.1 Å². The third-order valence-electron chi connectivity index (χ3n) is 3.71. The molecule has 6 nitrogen and oxygen atoms in total. The van der Waals surface area contributed by atoms with Crippen LogP contribution in [0.3, 0.4) is 0 Å². The van der Waals surface area contributed by atoms with Gasteiger partial charge in [0, 0.05) is 15.6 Å². The Morgan fingerprint density at radius 3 is 2.18 bits per heavy atom. The fourth-order valence-electron chi connectivity index (χ4n) is 2.28. The summed E-state index contributed by atoms with van der Waals surface area (Å²) >= 11 is 12.0. The molecule has 0 amide bonds. The molecule has 2 rings (SSSR count). The maximum absolute atomic E-state index is 11.8. The quantitative estimate of drug-likeness (QED) is 0.285. The average Bonchev–Trinajstić information content (AvgIpc) is 2.70. The van der Waals surface area contributed by atoms with Crippen molar-refractivity contribution in [2.24, 2.45) is 0 Å². The number of benzene rings is 2. The monoisotopic (exact) mass is 424 g/mol. The molecule has 0 aliphatic rings. The molecule has 0 atom stereocenters. The van der Waals surface area contributed by atoms with Crippen molar-refractivity contribution in [1.29, 1.82) is 0 Å². The molecule has 0 unspecified atom stereocenters. The summed E-state index contributed by atoms with van der Waals surface area (Å²) in [4.78, 5) is 23.6. The van der Waals surface area contributed by atoms with Crippen LogP contribution < -0.4 is 9.47 Å². The third kappa shape index (κ3) is 5.41. The van der Waals surface area contributed by atoms with Crippen LogP contribution in [0, 0.1) is 0 Å². The van der Waals surface area contributed by atoms with Gasteiger partial charge in [-0.15, -0.1) is 0 Å². The molecular formula is C20H18Cl2O6. The first-order chi connectivity index (χ1) is 13.4. The third-order valence-corrected chi connectivity index (χ3v) is 4.29. The van der Waals surface area contributed by atoms with E-state index in [0.29, 0.717) is 27.1 Å². The van der Waals surface area contributed by atoms with Crippen LogP contribution in [0.1, 0.15) is 11.1 Å². The van der Waals surface area contributed by atoms with Gasteiger partial charge in [0.05, 0.1) is 21.3 Å². The molecule has 0 aliphatic carbocycles. The molecule has 0 saturated heterocycles. The summed E-state index contributed by atoms with van der Waals surface area (Å²) in [5.74, 6) is -0.733. The van der Waals surface area contributed by atoms with E-state index in [4.69, 9.17) is 32.7 Å². The number of halogens is 2. The lowest BCUT2D eigenvalue weighted by Crippen LogP contribution is -2.15. The van der Waals surface area contributed by atoms with Gasteiger partial charge >= 0.3 is 11.9 Å². The van der Waals surface area contributed by atoms with Gasteiger partial charge in [-0.05, 0) is 35.9 Å². The van der Waals surface area contributed by atoms with Crippen molar-refractivity contribution in [3.8, 4) is 11.5 Å². The second-order valence-corrected chi connectivity index (χ2v) is 6.32. The van der Waals surface area contributed by atoms with Gasteiger partial charge in [0.15, 0.2) is 11.5 Å². The fraction of sp³-hybridized carbons (Fsp3) is 0.200. The fourth-order valence-corrected chi connectivity index (χ4v) is 2.74. The van der Waals surface area contributed by atoms with Gasteiger partial charge in [-0.2, -0.15) is 0 Å². The summed E-state index contributed by atoms with van der Waals surface area (Å²) < 4.78 is 20.3. The molecule has 8 heteroatoms. The van der Waals surface area contributed by atoms with Gasteiger partial charge < -0.3 is 18.9 Å². The molecule has 0 radical (unpaired) electrons. The zero-order valence-corrected chi connectivity index (χ0v) is 17.0. The number of methoxy groups -OCH3 is 3. The van der Waals surface area contributed by atoms with Crippen LogP contribution >= 0.6 is 23.2 Å². The Labute approximate surface area is 172 Å². The number of esters is 2. The molecule has 148 valence electrons. The normalized spacial score (nSPS) is 10.0. The molecule has 0 fully saturated rings. The lowest BCUT2D eigenvalue weighted by atomic mass is 10.1. The molecule has 0 spiro atoms. The summed E-state index contributed by atoms with van der Waals surface area (Å²) in [5.41, 5.74) is 1.05. The average molecular weight is 425 g/mol. The molecule has 2 aromatic rings. The van der Waals surface area contributed by atoms with Crippen molar-refractivity contribution in [3.63, 3.8) is 0 Å². The Balaban J connectivity index is 2.26. The smallest absolute Gasteiger partial charge is 0.345 e. The SMILES string of the molecule is COC(=O)C(=Cc1ccc(OCc2ccc(Cl)cc2Cl)c(OC)c1)C(=O)OC. The Morgan fingerprint density at radius 2 is 1.61 bits per heavy atom. The molecule has 2 aromatic carbocycles. The van der Waals surface area contributed by atoms with E-state index >= 15 is 0 Å². The highest BCUT2D eigenvalue weighted by atomic mass is 35.5. The van der Waals surface area contributed by atoms with E-state index in [-0.39, 0.29) is 12.2 Å². The zero-order chi connectivity index (χ0) is 20.7. The zero-order valence-electron chi connectivity index (χ0n) is 15.5. The number of rotatable bonds is 7. The first-order valence-electron chi connectivity index (χ1n) is 8.02. The van der Waals surface area contributed by atoms with Crippen LogP contribution in [0.4, 0.5) is 0 Å². The van der Waals surface area contributed by atoms with Gasteiger partial charge in [0.25, 0.3) is 0 Å². The minimum absolute atomic E-state index is 0.205. The molecule has 0 bridgehead atoms. The maximum atomic E-state index is 11.8. The summed E-state index contributed by atoms with van der Waals surface area (Å²) in [6, 6.07) is 10.1. The van der Waals surface area contributed by atoms with Crippen LogP contribution in [0.2, 0.25) is 10.0 Å². The summed E-state index contributed by atoms with van der Waals surface area (Å²) in [7, 11) is 3.84. The Hall–Kier alpha value is -2.70. The maximum Gasteiger partial charge on any atom is 0.345 e. The van der Waals surface area contributed by atoms with Crippen LogP contribution in [-0.4, -0.2) is 33.3 Å². The van der Waals surface area contributed by atoms with E-state index in [1.807, 2.05) is 0 Å². The van der Waals surface area contributed by atoms with Gasteiger partial charge in [-0.3, -0.25) is 0 Å². The lowest BCUT2D eigenvalue weighted by Gasteiger charge is -2.12. The predicted octanol–water partition coefficient (Wildman–Crippen LogP) is 4.31. The molecule has 28 heavy (non-hydrogen) atoms. The highest BCUT2D eigenvalue weighted by molar-refractivity contribution is 6.35. The molecular weight excluding hydrogens is 407 g/mol. The highest BCUT2D eigenvalue weighted by Crippen LogP contribution is 2.31. The number of carbonyl (C=O) groups excluding carboxylic acids is 2. The standard InChI is InChI=1S/C20H18Cl2O6/c1-25-18-9-12(8-15(19(23)26-2)20(24)27-3)4-7-17(18)28-11-13-5-6-14(21)10-16(13)22/h4-10H,11H2,1-3H3. The summed E-state index contributed by atoms with van der Waals surface area (Å²) in [6.07, 6.45) is 1.35. The van der Waals surface area contributed by atoms with Crippen LogP contribution in [0.25, 0.3) is 6.08 Å².